The Balaban J connectivity index is 1.97. The molecule has 2 aromatic rings. The van der Waals surface area contributed by atoms with Crippen LogP contribution in [0.5, 0.6) is 0 Å². The van der Waals surface area contributed by atoms with Gasteiger partial charge in [-0.1, -0.05) is 37.3 Å². The lowest BCUT2D eigenvalue weighted by molar-refractivity contribution is -0.120. The zero-order valence-electron chi connectivity index (χ0n) is 16.0. The van der Waals surface area contributed by atoms with Gasteiger partial charge in [0.2, 0.25) is 5.91 Å². The number of aryl methyl sites for hydroxylation is 3. The van der Waals surface area contributed by atoms with Gasteiger partial charge in [-0.3, -0.25) is 20.4 Å². The smallest absolute Gasteiger partial charge is 0.269 e. The highest BCUT2D eigenvalue weighted by atomic mass is 16.1. The van der Waals surface area contributed by atoms with E-state index in [-0.39, 0.29) is 23.8 Å². The number of rotatable bonds is 10. The topological polar surface area (TPSA) is 149 Å². The molecule has 2 rings (SSSR count). The molecule has 0 aliphatic heterocycles. The summed E-state index contributed by atoms with van der Waals surface area (Å²) in [5.41, 5.74) is 12.9. The summed E-state index contributed by atoms with van der Waals surface area (Å²) in [7, 11) is 0. The van der Waals surface area contributed by atoms with Crippen molar-refractivity contribution < 1.29 is 4.79 Å². The van der Waals surface area contributed by atoms with Crippen LogP contribution in [0.3, 0.4) is 0 Å². The third-order valence-electron chi connectivity index (χ3n) is 4.11. The zero-order valence-corrected chi connectivity index (χ0v) is 16.0. The number of nitrogens with one attached hydrogen (secondary N) is 5. The number of H-pyrrole nitrogens is 1. The molecule has 0 aliphatic rings. The number of hydrazine groups is 1. The van der Waals surface area contributed by atoms with Gasteiger partial charge in [-0.05, 0) is 24.8 Å². The minimum absolute atomic E-state index is 0.0957. The predicted octanol–water partition coefficient (Wildman–Crippen LogP) is -0.236. The van der Waals surface area contributed by atoms with Gasteiger partial charge < -0.3 is 16.0 Å². The normalized spacial score (nSPS) is 10.5. The van der Waals surface area contributed by atoms with Gasteiger partial charge in [0, 0.05) is 18.8 Å². The summed E-state index contributed by atoms with van der Waals surface area (Å²) in [5.74, 6) is -0.382. The molecule has 0 radical (unpaired) electrons. The van der Waals surface area contributed by atoms with Crippen LogP contribution in [-0.2, 0) is 30.5 Å². The van der Waals surface area contributed by atoms with Crippen LogP contribution >= 0.6 is 0 Å². The van der Waals surface area contributed by atoms with Gasteiger partial charge in [0.15, 0.2) is 5.96 Å². The van der Waals surface area contributed by atoms with Crippen molar-refractivity contribution in [3.8, 4) is 0 Å². The number of carbonyl (C=O) groups excluding carboxylic acids is 1. The van der Waals surface area contributed by atoms with Crippen molar-refractivity contribution in [1.29, 1.82) is 5.41 Å². The molecule has 0 bridgehead atoms. The van der Waals surface area contributed by atoms with E-state index in [2.05, 4.69) is 26.1 Å². The molecule has 0 spiro atoms. The van der Waals surface area contributed by atoms with Crippen LogP contribution in [0, 0.1) is 5.41 Å². The van der Waals surface area contributed by atoms with E-state index < -0.39 is 0 Å². The molecule has 9 nitrogen and oxygen atoms in total. The Hall–Kier alpha value is -3.20. The highest BCUT2D eigenvalue weighted by Gasteiger charge is 2.13. The van der Waals surface area contributed by atoms with E-state index in [1.165, 1.54) is 0 Å². The number of benzene rings is 1. The van der Waals surface area contributed by atoms with Gasteiger partial charge in [0.05, 0.1) is 12.1 Å². The van der Waals surface area contributed by atoms with Gasteiger partial charge in [-0.15, -0.1) is 0 Å². The molecule has 28 heavy (non-hydrogen) atoms. The molecule has 0 saturated carbocycles. The lowest BCUT2D eigenvalue weighted by Crippen LogP contribution is -2.45. The average Bonchev–Trinajstić information content (AvgIpc) is 2.68. The lowest BCUT2D eigenvalue weighted by Gasteiger charge is -2.11. The largest absolute Gasteiger partial charge is 0.369 e. The number of amides is 1. The van der Waals surface area contributed by atoms with Crippen molar-refractivity contribution >= 4 is 11.9 Å². The minimum Gasteiger partial charge on any atom is -0.369 e. The van der Waals surface area contributed by atoms with Crippen LogP contribution in [0.15, 0.2) is 35.1 Å². The van der Waals surface area contributed by atoms with Gasteiger partial charge in [0.1, 0.15) is 5.69 Å². The number of hydrogen-bond donors (Lipinski definition) is 6. The Labute approximate surface area is 163 Å². The SMILES string of the molecule is CCc1[nH]c(=O)c(CCc2ccccc2)nc1CC(=O)NCCNNC(=N)N. The lowest BCUT2D eigenvalue weighted by atomic mass is 10.1. The number of nitrogens with zero attached hydrogens (tertiary/aromatic N) is 1. The molecule has 0 saturated heterocycles. The van der Waals surface area contributed by atoms with Gasteiger partial charge in [0.25, 0.3) is 5.56 Å². The molecule has 150 valence electrons. The molecule has 0 fully saturated rings. The first-order valence-electron chi connectivity index (χ1n) is 9.24. The van der Waals surface area contributed by atoms with Crippen LogP contribution in [0.4, 0.5) is 0 Å². The molecular weight excluding hydrogens is 358 g/mol. The Bertz CT molecular complexity index is 849. The maximum Gasteiger partial charge on any atom is 0.269 e. The van der Waals surface area contributed by atoms with E-state index >= 15 is 0 Å². The third-order valence-corrected chi connectivity index (χ3v) is 4.11. The van der Waals surface area contributed by atoms with E-state index in [9.17, 15) is 9.59 Å². The highest BCUT2D eigenvalue weighted by Crippen LogP contribution is 2.07. The number of nitrogens with two attached hydrogens (primary N) is 1. The second-order valence-corrected chi connectivity index (χ2v) is 6.27. The summed E-state index contributed by atoms with van der Waals surface area (Å²) in [5, 5.41) is 9.78. The van der Waals surface area contributed by atoms with Crippen molar-refractivity contribution in [3.05, 3.63) is 63.3 Å². The molecule has 1 aromatic heterocycles. The van der Waals surface area contributed by atoms with Gasteiger partial charge in [-0.2, -0.15) is 0 Å². The molecule has 1 aromatic carbocycles. The first-order valence-corrected chi connectivity index (χ1v) is 9.24. The maximum atomic E-state index is 12.3. The summed E-state index contributed by atoms with van der Waals surface area (Å²) in [6.45, 7) is 2.69. The summed E-state index contributed by atoms with van der Waals surface area (Å²) >= 11 is 0. The van der Waals surface area contributed by atoms with Crippen LogP contribution in [0.2, 0.25) is 0 Å². The van der Waals surface area contributed by atoms with E-state index in [1.54, 1.807) is 0 Å². The van der Waals surface area contributed by atoms with Crippen molar-refractivity contribution in [2.24, 2.45) is 5.73 Å². The van der Waals surface area contributed by atoms with Crippen LogP contribution in [-0.4, -0.2) is 34.9 Å². The van der Waals surface area contributed by atoms with E-state index in [4.69, 9.17) is 11.1 Å². The standard InChI is InChI=1S/C19H27N7O2/c1-2-14-16(12-17(27)22-10-11-23-26-19(20)21)24-15(18(28)25-14)9-8-13-6-4-3-5-7-13/h3-7,23H,2,8-12H2,1H3,(H,22,27)(H,25,28)(H4,20,21,26). The van der Waals surface area contributed by atoms with Crippen molar-refractivity contribution in [3.63, 3.8) is 0 Å². The molecular formula is C19H27N7O2. The summed E-state index contributed by atoms with van der Waals surface area (Å²) in [4.78, 5) is 31.8. The second kappa shape index (κ2) is 10.8. The monoisotopic (exact) mass is 385 g/mol. The second-order valence-electron chi connectivity index (χ2n) is 6.27. The Morgan fingerprint density at radius 3 is 2.61 bits per heavy atom. The summed E-state index contributed by atoms with van der Waals surface area (Å²) < 4.78 is 0. The van der Waals surface area contributed by atoms with Gasteiger partial charge in [-0.25, -0.2) is 10.4 Å². The first-order chi connectivity index (χ1) is 13.5. The van der Waals surface area contributed by atoms with E-state index in [1.807, 2.05) is 37.3 Å². The van der Waals surface area contributed by atoms with Crippen molar-refractivity contribution in [1.82, 2.24) is 26.1 Å². The first kappa shape index (κ1) is 21.1. The fraction of sp³-hybridized carbons (Fsp3) is 0.368. The molecule has 0 unspecified atom stereocenters. The average molecular weight is 385 g/mol. The summed E-state index contributed by atoms with van der Waals surface area (Å²) in [6, 6.07) is 9.90. The van der Waals surface area contributed by atoms with E-state index in [0.717, 1.165) is 5.56 Å². The number of hydrogen-bond acceptors (Lipinski definition) is 5. The fourth-order valence-electron chi connectivity index (χ4n) is 2.71. The van der Waals surface area contributed by atoms with Crippen molar-refractivity contribution in [2.75, 3.05) is 13.1 Å². The minimum atomic E-state index is -0.198. The molecule has 1 amide bonds. The number of aromatic amines is 1. The molecule has 7 N–H and O–H groups in total. The van der Waals surface area contributed by atoms with Crippen molar-refractivity contribution in [2.45, 2.75) is 32.6 Å². The molecule has 0 aliphatic carbocycles. The van der Waals surface area contributed by atoms with Gasteiger partial charge >= 0.3 is 0 Å². The number of guanidine groups is 1. The fourth-order valence-corrected chi connectivity index (χ4v) is 2.71. The quantitative estimate of drug-likeness (QED) is 0.144. The van der Waals surface area contributed by atoms with Crippen LogP contribution in [0.1, 0.15) is 29.6 Å². The highest BCUT2D eigenvalue weighted by molar-refractivity contribution is 5.78. The zero-order chi connectivity index (χ0) is 20.4. The Morgan fingerprint density at radius 1 is 1.18 bits per heavy atom. The molecule has 9 heteroatoms. The Kier molecular flexibility index (Phi) is 8.16. The number of carbonyl (C=O) groups is 1. The summed E-state index contributed by atoms with van der Waals surface area (Å²) in [6.07, 6.45) is 1.91. The van der Waals surface area contributed by atoms with E-state index in [0.29, 0.717) is 49.4 Å². The van der Waals surface area contributed by atoms with Crippen LogP contribution in [0.25, 0.3) is 0 Å². The van der Waals surface area contributed by atoms with Crippen LogP contribution < -0.4 is 27.5 Å². The predicted molar refractivity (Wildman–Crippen MR) is 108 cm³/mol. The Morgan fingerprint density at radius 2 is 1.93 bits per heavy atom. The molecule has 0 atom stereocenters. The third kappa shape index (κ3) is 6.84. The molecule has 1 heterocycles. The number of aromatic nitrogens is 2. The maximum absolute atomic E-state index is 12.3.